The van der Waals surface area contributed by atoms with E-state index in [1.807, 2.05) is 6.92 Å². The van der Waals surface area contributed by atoms with Crippen molar-refractivity contribution in [3.8, 4) is 0 Å². The second-order valence-electron chi connectivity index (χ2n) is 5.61. The fourth-order valence-corrected chi connectivity index (χ4v) is 2.41. The molecule has 0 spiro atoms. The van der Waals surface area contributed by atoms with Gasteiger partial charge in [0.25, 0.3) is 5.91 Å². The molecule has 2 heterocycles. The lowest BCUT2D eigenvalue weighted by Crippen LogP contribution is -2.37. The Morgan fingerprint density at radius 2 is 2.04 bits per heavy atom. The van der Waals surface area contributed by atoms with Gasteiger partial charge in [0.05, 0.1) is 6.42 Å². The number of aromatic nitrogens is 2. The highest BCUT2D eigenvalue weighted by Gasteiger charge is 2.38. The van der Waals surface area contributed by atoms with Crippen LogP contribution in [0, 0.1) is 0 Å². The van der Waals surface area contributed by atoms with E-state index in [2.05, 4.69) is 20.6 Å². The van der Waals surface area contributed by atoms with Gasteiger partial charge in [0.2, 0.25) is 11.9 Å². The Labute approximate surface area is 140 Å². The summed E-state index contributed by atoms with van der Waals surface area (Å²) in [6, 6.07) is -1.22. The number of imide groups is 1. The second-order valence-corrected chi connectivity index (χ2v) is 5.61. The third-order valence-electron chi connectivity index (χ3n) is 3.71. The summed E-state index contributed by atoms with van der Waals surface area (Å²) in [5.74, 6) is -0.0713. The number of hydrogen-bond acceptors (Lipinski definition) is 6. The standard InChI is InChI=1S/C15H22N6O3/c1-4-5-21-13(23)11(19-15(21)24)6-12(22)20(3)9-10-7-17-14(16-2)18-8-10/h7-8,11H,4-6,9H2,1-3H3,(H,19,24)(H,16,17,18)/t11-/m1/s1. The molecule has 1 aromatic rings. The number of nitrogens with one attached hydrogen (secondary N) is 2. The summed E-state index contributed by atoms with van der Waals surface area (Å²) in [5.41, 5.74) is 0.777. The van der Waals surface area contributed by atoms with Crippen LogP contribution in [-0.2, 0) is 16.1 Å². The molecule has 2 rings (SSSR count). The van der Waals surface area contributed by atoms with E-state index in [-0.39, 0.29) is 18.2 Å². The molecule has 0 aromatic carbocycles. The zero-order valence-corrected chi connectivity index (χ0v) is 14.1. The Kier molecular flexibility index (Phi) is 5.67. The van der Waals surface area contributed by atoms with Crippen molar-refractivity contribution in [2.75, 3.05) is 26.0 Å². The van der Waals surface area contributed by atoms with Gasteiger partial charge in [-0.1, -0.05) is 6.92 Å². The first kappa shape index (κ1) is 17.6. The van der Waals surface area contributed by atoms with E-state index < -0.39 is 12.1 Å². The van der Waals surface area contributed by atoms with Gasteiger partial charge < -0.3 is 15.5 Å². The van der Waals surface area contributed by atoms with Gasteiger partial charge in [-0.2, -0.15) is 0 Å². The summed E-state index contributed by atoms with van der Waals surface area (Å²) >= 11 is 0. The van der Waals surface area contributed by atoms with Gasteiger partial charge in [-0.25, -0.2) is 14.8 Å². The number of amides is 4. The maximum absolute atomic E-state index is 12.3. The molecule has 1 fully saturated rings. The van der Waals surface area contributed by atoms with Crippen molar-refractivity contribution in [1.29, 1.82) is 0 Å². The highest BCUT2D eigenvalue weighted by Crippen LogP contribution is 2.12. The maximum Gasteiger partial charge on any atom is 0.324 e. The van der Waals surface area contributed by atoms with Crippen molar-refractivity contribution in [3.63, 3.8) is 0 Å². The average molecular weight is 334 g/mol. The number of anilines is 1. The summed E-state index contributed by atoms with van der Waals surface area (Å²) in [7, 11) is 3.36. The largest absolute Gasteiger partial charge is 0.357 e. The number of rotatable bonds is 7. The summed E-state index contributed by atoms with van der Waals surface area (Å²) < 4.78 is 0. The molecular formula is C15H22N6O3. The van der Waals surface area contributed by atoms with Gasteiger partial charge in [0, 0.05) is 45.1 Å². The molecule has 1 aromatic heterocycles. The highest BCUT2D eigenvalue weighted by molar-refractivity contribution is 6.05. The van der Waals surface area contributed by atoms with Crippen LogP contribution in [0.15, 0.2) is 12.4 Å². The summed E-state index contributed by atoms with van der Waals surface area (Å²) in [4.78, 5) is 47.0. The lowest BCUT2D eigenvalue weighted by molar-refractivity contribution is -0.135. The van der Waals surface area contributed by atoms with E-state index in [1.165, 1.54) is 4.90 Å². The number of nitrogens with zero attached hydrogens (tertiary/aromatic N) is 4. The molecule has 0 bridgehead atoms. The van der Waals surface area contributed by atoms with Gasteiger partial charge in [0.15, 0.2) is 0 Å². The van der Waals surface area contributed by atoms with Crippen molar-refractivity contribution in [3.05, 3.63) is 18.0 Å². The van der Waals surface area contributed by atoms with Crippen molar-refractivity contribution in [2.24, 2.45) is 0 Å². The number of carbonyl (C=O) groups excluding carboxylic acids is 3. The van der Waals surface area contributed by atoms with Crippen LogP contribution < -0.4 is 10.6 Å². The minimum atomic E-state index is -0.790. The van der Waals surface area contributed by atoms with E-state index in [1.54, 1.807) is 26.5 Å². The van der Waals surface area contributed by atoms with E-state index in [0.29, 0.717) is 25.5 Å². The average Bonchev–Trinajstić information content (AvgIpc) is 2.83. The second kappa shape index (κ2) is 7.71. The van der Waals surface area contributed by atoms with Crippen LogP contribution in [0.1, 0.15) is 25.3 Å². The SMILES string of the molecule is CCCN1C(=O)N[C@H](CC(=O)N(C)Cc2cnc(NC)nc2)C1=O. The van der Waals surface area contributed by atoms with E-state index >= 15 is 0 Å². The lowest BCUT2D eigenvalue weighted by atomic mass is 10.2. The van der Waals surface area contributed by atoms with Crippen molar-refractivity contribution in [2.45, 2.75) is 32.4 Å². The molecule has 0 saturated carbocycles. The van der Waals surface area contributed by atoms with Crippen molar-refractivity contribution >= 4 is 23.8 Å². The number of hydrogen-bond donors (Lipinski definition) is 2. The van der Waals surface area contributed by atoms with Gasteiger partial charge in [0.1, 0.15) is 6.04 Å². The predicted molar refractivity (Wildman–Crippen MR) is 87.0 cm³/mol. The van der Waals surface area contributed by atoms with Gasteiger partial charge in [-0.15, -0.1) is 0 Å². The number of carbonyl (C=O) groups is 3. The first-order chi connectivity index (χ1) is 11.5. The summed E-state index contributed by atoms with van der Waals surface area (Å²) in [6.07, 6.45) is 3.89. The molecular weight excluding hydrogens is 312 g/mol. The predicted octanol–water partition coefficient (Wildman–Crippen LogP) is 0.197. The van der Waals surface area contributed by atoms with Crippen molar-refractivity contribution < 1.29 is 14.4 Å². The van der Waals surface area contributed by atoms with Crippen LogP contribution in [0.3, 0.4) is 0 Å². The molecule has 1 aliphatic rings. The zero-order chi connectivity index (χ0) is 17.7. The van der Waals surface area contributed by atoms with Crippen molar-refractivity contribution in [1.82, 2.24) is 25.1 Å². The maximum atomic E-state index is 12.3. The lowest BCUT2D eigenvalue weighted by Gasteiger charge is -2.18. The van der Waals surface area contributed by atoms with Crippen LogP contribution in [0.2, 0.25) is 0 Å². The first-order valence-corrected chi connectivity index (χ1v) is 7.80. The molecule has 1 saturated heterocycles. The highest BCUT2D eigenvalue weighted by atomic mass is 16.2. The molecule has 0 radical (unpaired) electrons. The molecule has 24 heavy (non-hydrogen) atoms. The Morgan fingerprint density at radius 3 is 2.62 bits per heavy atom. The molecule has 130 valence electrons. The van der Waals surface area contributed by atoms with Gasteiger partial charge in [-0.3, -0.25) is 14.5 Å². The normalized spacial score (nSPS) is 17.0. The topological polar surface area (TPSA) is 108 Å². The van der Waals surface area contributed by atoms with E-state index in [4.69, 9.17) is 0 Å². The molecule has 0 aliphatic carbocycles. The zero-order valence-electron chi connectivity index (χ0n) is 14.1. The third-order valence-corrected chi connectivity index (χ3v) is 3.71. The Hall–Kier alpha value is -2.71. The molecule has 4 amide bonds. The molecule has 1 atom stereocenters. The van der Waals surface area contributed by atoms with Crippen LogP contribution in [0.4, 0.5) is 10.7 Å². The van der Waals surface area contributed by atoms with Gasteiger partial charge in [-0.05, 0) is 6.42 Å². The minimum Gasteiger partial charge on any atom is -0.357 e. The van der Waals surface area contributed by atoms with E-state index in [9.17, 15) is 14.4 Å². The summed E-state index contributed by atoms with van der Waals surface area (Å²) in [5, 5.41) is 5.38. The van der Waals surface area contributed by atoms with Crippen LogP contribution in [0.25, 0.3) is 0 Å². The Balaban J connectivity index is 1.91. The molecule has 1 aliphatic heterocycles. The molecule has 0 unspecified atom stereocenters. The van der Waals surface area contributed by atoms with Crippen LogP contribution >= 0.6 is 0 Å². The van der Waals surface area contributed by atoms with E-state index in [0.717, 1.165) is 10.5 Å². The molecule has 2 N–H and O–H groups in total. The van der Waals surface area contributed by atoms with Gasteiger partial charge >= 0.3 is 6.03 Å². The third kappa shape index (κ3) is 3.98. The summed E-state index contributed by atoms with van der Waals surface area (Å²) in [6.45, 7) is 2.57. The Bertz CT molecular complexity index is 618. The minimum absolute atomic E-state index is 0.0588. The van der Waals surface area contributed by atoms with Crippen LogP contribution in [0.5, 0.6) is 0 Å². The number of urea groups is 1. The quantitative estimate of drug-likeness (QED) is 0.690. The monoisotopic (exact) mass is 334 g/mol. The fraction of sp³-hybridized carbons (Fsp3) is 0.533. The fourth-order valence-electron chi connectivity index (χ4n) is 2.41. The first-order valence-electron chi connectivity index (χ1n) is 7.80. The molecule has 9 nitrogen and oxygen atoms in total. The molecule has 9 heteroatoms. The van der Waals surface area contributed by atoms with Crippen LogP contribution in [-0.4, -0.2) is 64.3 Å². The smallest absolute Gasteiger partial charge is 0.324 e. The Morgan fingerprint density at radius 1 is 1.38 bits per heavy atom.